The van der Waals surface area contributed by atoms with E-state index in [1.54, 1.807) is 0 Å². The summed E-state index contributed by atoms with van der Waals surface area (Å²) >= 11 is 0. The van der Waals surface area contributed by atoms with Crippen molar-refractivity contribution in [1.29, 1.82) is 0 Å². The van der Waals surface area contributed by atoms with Gasteiger partial charge in [0.05, 0.1) is 78.8 Å². The first-order valence-corrected chi connectivity index (χ1v) is 17.2. The molecule has 0 fully saturated rings. The molecule has 2 aliphatic heterocycles. The number of benzene rings is 4. The number of nitrogens with zero attached hydrogens (tertiary/aromatic N) is 6. The Labute approximate surface area is 336 Å². The molecule has 0 saturated carbocycles. The summed E-state index contributed by atoms with van der Waals surface area (Å²) in [6.45, 7) is 0. The third kappa shape index (κ3) is 5.35. The van der Waals surface area contributed by atoms with Crippen LogP contribution in [0.15, 0.2) is 48.5 Å². The molecule has 0 spiro atoms. The van der Waals surface area contributed by atoms with Crippen LogP contribution in [0, 0.1) is 0 Å². The van der Waals surface area contributed by atoms with Crippen molar-refractivity contribution < 1.29 is 37.9 Å². The Morgan fingerprint density at radius 3 is 1.09 bits per heavy atom. The fourth-order valence-electron chi connectivity index (χ4n) is 7.51. The molecule has 284 valence electrons. The third-order valence-corrected chi connectivity index (χ3v) is 9.81. The van der Waals surface area contributed by atoms with Crippen LogP contribution < -0.4 is 37.9 Å². The van der Waals surface area contributed by atoms with Crippen molar-refractivity contribution >= 4 is 63.0 Å². The summed E-state index contributed by atoms with van der Waals surface area (Å²) in [4.78, 5) is 37.4. The van der Waals surface area contributed by atoms with Crippen molar-refractivity contribution in [2.45, 2.75) is 0 Å². The number of rotatable bonds is 8. The Morgan fingerprint density at radius 1 is 0.351 bits per heavy atom. The number of hydrogen-bond donors (Lipinski definition) is 2. The van der Waals surface area contributed by atoms with Crippen molar-refractivity contribution in [2.24, 2.45) is 0 Å². The number of aromatic amines is 2. The van der Waals surface area contributed by atoms with E-state index in [1.807, 2.05) is 48.5 Å². The summed E-state index contributed by atoms with van der Waals surface area (Å²) in [5.74, 6) is 3.67. The summed E-state index contributed by atoms with van der Waals surface area (Å²) in [6.07, 6.45) is 0. The Balaban J connectivity index is 0.00000455. The van der Waals surface area contributed by atoms with Crippen LogP contribution in [0.4, 0.5) is 0 Å². The first-order valence-electron chi connectivity index (χ1n) is 17.2. The third-order valence-electron chi connectivity index (χ3n) is 9.81. The number of hydrogen-bond acceptors (Lipinski definition) is 14. The first kappa shape index (κ1) is 37.2. The van der Waals surface area contributed by atoms with Crippen molar-refractivity contribution in [3.05, 3.63) is 48.5 Å². The Hall–Kier alpha value is -6.76. The van der Waals surface area contributed by atoms with Gasteiger partial charge in [0.25, 0.3) is 0 Å². The molecule has 2 N–H and O–H groups in total. The van der Waals surface area contributed by atoms with E-state index in [-0.39, 0.29) is 53.4 Å². The van der Waals surface area contributed by atoms with Gasteiger partial charge in [-0.1, -0.05) is 48.5 Å². The minimum absolute atomic E-state index is 0. The molecule has 4 aromatic carbocycles. The van der Waals surface area contributed by atoms with E-state index in [0.29, 0.717) is 79.2 Å². The van der Waals surface area contributed by atoms with Gasteiger partial charge in [-0.25, -0.2) is 29.9 Å². The quantitative estimate of drug-likeness (QED) is 0.165. The van der Waals surface area contributed by atoms with E-state index in [0.717, 1.165) is 21.9 Å². The number of nitrogens with one attached hydrogen (secondary N) is 2. The van der Waals surface area contributed by atoms with E-state index in [9.17, 15) is 0 Å². The second-order valence-corrected chi connectivity index (χ2v) is 12.5. The van der Waals surface area contributed by atoms with E-state index >= 15 is 0 Å². The average molecular weight is 763 g/mol. The van der Waals surface area contributed by atoms with Gasteiger partial charge in [0, 0.05) is 21.9 Å². The fraction of sp³-hybridized carbons (Fsp3) is 0.200. The molecule has 9 rings (SSSR count). The normalized spacial score (nSPS) is 11.4. The van der Waals surface area contributed by atoms with Gasteiger partial charge in [-0.2, -0.15) is 0 Å². The average Bonchev–Trinajstić information content (AvgIpc) is 3.97. The monoisotopic (exact) mass is 762 g/mol. The van der Waals surface area contributed by atoms with E-state index < -0.39 is 0 Å². The molecule has 3 aromatic heterocycles. The number of aromatic nitrogens is 8. The van der Waals surface area contributed by atoms with Gasteiger partial charge in [0.15, 0.2) is 46.3 Å². The first-order chi connectivity index (χ1) is 27.4. The number of fused-ring (bicyclic) bond motifs is 20. The van der Waals surface area contributed by atoms with Crippen LogP contribution in [0.3, 0.4) is 0 Å². The minimum atomic E-state index is 0. The van der Waals surface area contributed by atoms with E-state index in [2.05, 4.69) is 9.97 Å². The van der Waals surface area contributed by atoms with Crippen molar-refractivity contribution in [2.75, 3.05) is 56.9 Å². The molecule has 8 bridgehead atoms. The SMILES string of the molecule is COc1c(OC)c(OC)c2c(c1OC)-c1nc-2nc2[nH]c(nc3nc(nc4[nH]c(n1)c1ccccc41)-c1ccccc1-3)c1c(OC)c(OC)c(OC)c(OC)c21.[LiH]. The maximum absolute atomic E-state index is 6.03. The van der Waals surface area contributed by atoms with Gasteiger partial charge < -0.3 is 47.9 Å². The second kappa shape index (κ2) is 14.4. The van der Waals surface area contributed by atoms with Crippen molar-refractivity contribution in [3.8, 4) is 91.5 Å². The summed E-state index contributed by atoms with van der Waals surface area (Å²) in [6, 6.07) is 15.6. The zero-order valence-corrected chi connectivity index (χ0v) is 31.6. The summed E-state index contributed by atoms with van der Waals surface area (Å²) in [5, 5.41) is 2.57. The Morgan fingerprint density at radius 2 is 0.667 bits per heavy atom. The molecule has 0 saturated heterocycles. The zero-order chi connectivity index (χ0) is 38.8. The van der Waals surface area contributed by atoms with E-state index in [1.165, 1.54) is 56.9 Å². The predicted octanol–water partition coefficient (Wildman–Crippen LogP) is 6.29. The van der Waals surface area contributed by atoms with Gasteiger partial charge in [-0.05, 0) is 0 Å². The maximum atomic E-state index is 6.03. The molecule has 17 heteroatoms. The summed E-state index contributed by atoms with van der Waals surface area (Å²) < 4.78 is 47.5. The van der Waals surface area contributed by atoms with Crippen LogP contribution in [0.1, 0.15) is 0 Å². The van der Waals surface area contributed by atoms with Gasteiger partial charge in [0.2, 0.25) is 23.0 Å². The summed E-state index contributed by atoms with van der Waals surface area (Å²) in [5.41, 5.74) is 4.13. The molecule has 0 atom stereocenters. The molecule has 0 aliphatic carbocycles. The van der Waals surface area contributed by atoms with Crippen LogP contribution in [-0.2, 0) is 0 Å². The number of ether oxygens (including phenoxy) is 8. The molecule has 5 heterocycles. The number of methoxy groups -OCH3 is 8. The molecule has 57 heavy (non-hydrogen) atoms. The van der Waals surface area contributed by atoms with Gasteiger partial charge in [-0.3, -0.25) is 0 Å². The Kier molecular flexibility index (Phi) is 9.38. The second-order valence-electron chi connectivity index (χ2n) is 12.5. The molecule has 7 aromatic rings. The molecule has 16 nitrogen and oxygen atoms in total. The molecule has 2 aliphatic rings. The summed E-state index contributed by atoms with van der Waals surface area (Å²) in [7, 11) is 12.2. The van der Waals surface area contributed by atoms with Crippen LogP contribution in [0.5, 0.6) is 46.0 Å². The van der Waals surface area contributed by atoms with Gasteiger partial charge in [-0.15, -0.1) is 0 Å². The predicted molar refractivity (Wildman–Crippen MR) is 216 cm³/mol. The molecule has 0 unspecified atom stereocenters. The van der Waals surface area contributed by atoms with E-state index in [4.69, 9.17) is 67.8 Å². The zero-order valence-electron chi connectivity index (χ0n) is 31.6. The van der Waals surface area contributed by atoms with Crippen LogP contribution >= 0.6 is 0 Å². The molecule has 0 radical (unpaired) electrons. The number of H-pyrrole nitrogens is 2. The Bertz CT molecular complexity index is 2950. The van der Waals surface area contributed by atoms with Crippen LogP contribution in [0.2, 0.25) is 0 Å². The molecular weight excluding hydrogens is 727 g/mol. The van der Waals surface area contributed by atoms with Gasteiger partial charge in [0.1, 0.15) is 22.6 Å². The van der Waals surface area contributed by atoms with Crippen LogP contribution in [0.25, 0.3) is 89.7 Å². The van der Waals surface area contributed by atoms with Crippen molar-refractivity contribution in [3.63, 3.8) is 0 Å². The standard InChI is InChI=1S/C40H34N8O8.Li.H/c1-49-25-21-23(27(51-3)31(55-7)29(25)53-5)39-46-37(21)44-35-19-15-11-9-13-17(19)33(42-35)41-34-18-14-10-12-16-20(18)36(43-34)45-38-22-24(40(47-38)48-39)28(52-4)32(56-8)30(54-6)26(22)50-2;;/h9-16H,1-8H3,(H2,41,42,43,44,45,46,47,48);;. The van der Waals surface area contributed by atoms with Crippen LogP contribution in [-0.4, -0.2) is 116 Å². The fourth-order valence-corrected chi connectivity index (χ4v) is 7.51. The van der Waals surface area contributed by atoms with Gasteiger partial charge >= 0.3 is 18.9 Å². The molecular formula is C40H35LiN8O8. The topological polar surface area (TPSA) is 183 Å². The molecule has 0 amide bonds. The van der Waals surface area contributed by atoms with Crippen molar-refractivity contribution in [1.82, 2.24) is 39.9 Å².